The SMILES string of the molecule is Cc1c(S(=O)(=O)O)cc(N)cc1S(=O)(=O)O. The van der Waals surface area contributed by atoms with E-state index in [2.05, 4.69) is 0 Å². The maximum absolute atomic E-state index is 10.9. The Balaban J connectivity index is 3.78. The van der Waals surface area contributed by atoms with Gasteiger partial charge in [-0.25, -0.2) is 0 Å². The number of rotatable bonds is 2. The molecule has 1 rings (SSSR count). The van der Waals surface area contributed by atoms with Crippen molar-refractivity contribution in [3.63, 3.8) is 0 Å². The summed E-state index contributed by atoms with van der Waals surface area (Å²) in [6.07, 6.45) is 0. The lowest BCUT2D eigenvalue weighted by Gasteiger charge is -2.08. The number of nitrogens with two attached hydrogens (primary N) is 1. The van der Waals surface area contributed by atoms with Crippen LogP contribution in [0.2, 0.25) is 0 Å². The molecule has 0 aliphatic heterocycles. The Hall–Kier alpha value is -1.16. The summed E-state index contributed by atoms with van der Waals surface area (Å²) in [5.41, 5.74) is 4.78. The van der Waals surface area contributed by atoms with Gasteiger partial charge in [0.05, 0.1) is 0 Å². The smallest absolute Gasteiger partial charge is 0.294 e. The Bertz CT molecular complexity index is 578. The highest BCUT2D eigenvalue weighted by atomic mass is 32.2. The topological polar surface area (TPSA) is 135 Å². The average molecular weight is 267 g/mol. The van der Waals surface area contributed by atoms with E-state index in [-0.39, 0.29) is 11.3 Å². The molecule has 0 aromatic heterocycles. The number of nitrogen functional groups attached to an aromatic ring is 1. The second kappa shape index (κ2) is 3.70. The second-order valence-corrected chi connectivity index (χ2v) is 5.87. The summed E-state index contributed by atoms with van der Waals surface area (Å²) in [5, 5.41) is 0. The van der Waals surface area contributed by atoms with Crippen LogP contribution in [0.4, 0.5) is 5.69 Å². The highest BCUT2D eigenvalue weighted by molar-refractivity contribution is 7.86. The number of anilines is 1. The predicted molar refractivity (Wildman–Crippen MR) is 55.2 cm³/mol. The van der Waals surface area contributed by atoms with Gasteiger partial charge in [-0.3, -0.25) is 9.11 Å². The monoisotopic (exact) mass is 267 g/mol. The zero-order chi connectivity index (χ0) is 12.7. The predicted octanol–water partition coefficient (Wildman–Crippen LogP) is 0.0706. The highest BCUT2D eigenvalue weighted by Gasteiger charge is 2.22. The van der Waals surface area contributed by atoms with Crippen LogP contribution in [0.5, 0.6) is 0 Å². The van der Waals surface area contributed by atoms with Gasteiger partial charge in [-0.05, 0) is 24.6 Å². The molecule has 0 aliphatic rings. The van der Waals surface area contributed by atoms with Gasteiger partial charge in [0.2, 0.25) is 0 Å². The van der Waals surface area contributed by atoms with E-state index in [1.807, 2.05) is 0 Å². The Kier molecular flexibility index (Phi) is 2.98. The third-order valence-electron chi connectivity index (χ3n) is 1.89. The van der Waals surface area contributed by atoms with Crippen molar-refractivity contribution in [3.05, 3.63) is 17.7 Å². The van der Waals surface area contributed by atoms with Gasteiger partial charge >= 0.3 is 0 Å². The third-order valence-corrected chi connectivity index (χ3v) is 3.85. The minimum atomic E-state index is -4.59. The van der Waals surface area contributed by atoms with Crippen molar-refractivity contribution in [1.29, 1.82) is 0 Å². The van der Waals surface area contributed by atoms with E-state index in [4.69, 9.17) is 14.8 Å². The molecule has 4 N–H and O–H groups in total. The fraction of sp³-hybridized carbons (Fsp3) is 0.143. The van der Waals surface area contributed by atoms with Gasteiger partial charge in [0.1, 0.15) is 9.79 Å². The summed E-state index contributed by atoms with van der Waals surface area (Å²) in [6.45, 7) is 1.13. The first kappa shape index (κ1) is 12.9. The Morgan fingerprint density at radius 2 is 1.31 bits per heavy atom. The van der Waals surface area contributed by atoms with Crippen molar-refractivity contribution in [2.24, 2.45) is 0 Å². The Morgan fingerprint density at radius 1 is 1.00 bits per heavy atom. The fourth-order valence-corrected chi connectivity index (χ4v) is 2.85. The molecule has 16 heavy (non-hydrogen) atoms. The van der Waals surface area contributed by atoms with Crippen LogP contribution in [-0.4, -0.2) is 25.9 Å². The molecule has 0 bridgehead atoms. The van der Waals surface area contributed by atoms with Gasteiger partial charge < -0.3 is 5.73 Å². The van der Waals surface area contributed by atoms with Gasteiger partial charge in [-0.1, -0.05) is 0 Å². The lowest BCUT2D eigenvalue weighted by Crippen LogP contribution is -2.08. The first-order valence-corrected chi connectivity index (χ1v) is 6.76. The molecule has 0 unspecified atom stereocenters. The minimum absolute atomic E-state index is 0.203. The molecule has 0 saturated carbocycles. The van der Waals surface area contributed by atoms with Crippen LogP contribution < -0.4 is 5.73 Å². The molecule has 9 heteroatoms. The second-order valence-electron chi connectivity index (χ2n) is 3.09. The largest absolute Gasteiger partial charge is 0.399 e. The Labute approximate surface area is 92.4 Å². The normalized spacial score (nSPS) is 12.7. The van der Waals surface area contributed by atoms with Gasteiger partial charge in [0.15, 0.2) is 0 Å². The van der Waals surface area contributed by atoms with Gasteiger partial charge in [0.25, 0.3) is 20.2 Å². The van der Waals surface area contributed by atoms with Gasteiger partial charge in [-0.15, -0.1) is 0 Å². The van der Waals surface area contributed by atoms with Crippen LogP contribution >= 0.6 is 0 Å². The molecule has 7 nitrogen and oxygen atoms in total. The molecule has 0 radical (unpaired) electrons. The molecule has 90 valence electrons. The van der Waals surface area contributed by atoms with E-state index in [9.17, 15) is 16.8 Å². The first-order chi connectivity index (χ1) is 7.03. The Morgan fingerprint density at radius 3 is 1.56 bits per heavy atom. The first-order valence-electron chi connectivity index (χ1n) is 3.88. The molecule has 1 aromatic carbocycles. The van der Waals surface area contributed by atoms with Gasteiger partial charge in [0, 0.05) is 5.69 Å². The maximum Gasteiger partial charge on any atom is 0.294 e. The summed E-state index contributed by atoms with van der Waals surface area (Å²) in [5.74, 6) is 0. The number of benzene rings is 1. The van der Waals surface area contributed by atoms with Crippen LogP contribution in [-0.2, 0) is 20.2 Å². The lowest BCUT2D eigenvalue weighted by atomic mass is 10.2. The molecule has 0 amide bonds. The maximum atomic E-state index is 10.9. The molecular weight excluding hydrogens is 258 g/mol. The average Bonchev–Trinajstić information content (AvgIpc) is 2.04. The highest BCUT2D eigenvalue weighted by Crippen LogP contribution is 2.25. The van der Waals surface area contributed by atoms with Crippen LogP contribution in [0.15, 0.2) is 21.9 Å². The van der Waals surface area contributed by atoms with Crippen LogP contribution in [0.25, 0.3) is 0 Å². The van der Waals surface area contributed by atoms with Crippen LogP contribution in [0.1, 0.15) is 5.56 Å². The summed E-state index contributed by atoms with van der Waals surface area (Å²) in [4.78, 5) is -1.31. The van der Waals surface area contributed by atoms with Crippen molar-refractivity contribution < 1.29 is 25.9 Å². The number of hydrogen-bond donors (Lipinski definition) is 3. The quantitative estimate of drug-likeness (QED) is 0.509. The zero-order valence-electron chi connectivity index (χ0n) is 8.08. The molecular formula is C7H9NO6S2. The standard InChI is InChI=1S/C7H9NO6S2/c1-4-6(15(9,10)11)2-5(8)3-7(4)16(12,13)14/h2-3H,8H2,1H3,(H,9,10,11)(H,12,13,14). The van der Waals surface area contributed by atoms with E-state index in [1.165, 1.54) is 0 Å². The molecule has 0 fully saturated rings. The minimum Gasteiger partial charge on any atom is -0.399 e. The van der Waals surface area contributed by atoms with E-state index < -0.39 is 30.0 Å². The molecule has 0 heterocycles. The lowest BCUT2D eigenvalue weighted by molar-refractivity contribution is 0.480. The fourth-order valence-electron chi connectivity index (χ4n) is 1.22. The molecule has 0 aliphatic carbocycles. The number of hydrogen-bond acceptors (Lipinski definition) is 5. The summed E-state index contributed by atoms with van der Waals surface area (Å²) in [6, 6.07) is 1.80. The summed E-state index contributed by atoms with van der Waals surface area (Å²) >= 11 is 0. The van der Waals surface area contributed by atoms with E-state index >= 15 is 0 Å². The van der Waals surface area contributed by atoms with Crippen LogP contribution in [0.3, 0.4) is 0 Å². The van der Waals surface area contributed by atoms with E-state index in [0.717, 1.165) is 19.1 Å². The summed E-state index contributed by atoms with van der Waals surface area (Å²) < 4.78 is 61.3. The van der Waals surface area contributed by atoms with E-state index in [1.54, 1.807) is 0 Å². The van der Waals surface area contributed by atoms with Crippen LogP contribution in [0, 0.1) is 6.92 Å². The summed E-state index contributed by atoms with van der Waals surface area (Å²) in [7, 11) is -9.19. The van der Waals surface area contributed by atoms with Crippen molar-refractivity contribution in [2.75, 3.05) is 5.73 Å². The molecule has 0 saturated heterocycles. The zero-order valence-corrected chi connectivity index (χ0v) is 9.71. The van der Waals surface area contributed by atoms with Gasteiger partial charge in [-0.2, -0.15) is 16.8 Å². The molecule has 0 atom stereocenters. The van der Waals surface area contributed by atoms with Crippen molar-refractivity contribution in [1.82, 2.24) is 0 Å². The van der Waals surface area contributed by atoms with Crippen molar-refractivity contribution in [2.45, 2.75) is 16.7 Å². The van der Waals surface area contributed by atoms with Crippen molar-refractivity contribution >= 4 is 25.9 Å². The third kappa shape index (κ3) is 2.50. The van der Waals surface area contributed by atoms with Crippen molar-refractivity contribution in [3.8, 4) is 0 Å². The molecule has 1 aromatic rings. The van der Waals surface area contributed by atoms with E-state index in [0.29, 0.717) is 0 Å². The molecule has 0 spiro atoms.